The predicted molar refractivity (Wildman–Crippen MR) is 118 cm³/mol. The van der Waals surface area contributed by atoms with E-state index >= 15 is 0 Å². The summed E-state index contributed by atoms with van der Waals surface area (Å²) in [5, 5.41) is 11.2. The Morgan fingerprint density at radius 1 is 1.22 bits per heavy atom. The smallest absolute Gasteiger partial charge is 0.270 e. The Kier molecular flexibility index (Phi) is 5.34. The number of nitrogens with zero attached hydrogens (tertiary/aromatic N) is 3. The highest BCUT2D eigenvalue weighted by atomic mass is 16.6. The summed E-state index contributed by atoms with van der Waals surface area (Å²) < 4.78 is 5.55. The standard InChI is InChI=1S/C23H24N4O5/c28-21-15(13-32-20-7-6-16(27(30)31)10-17(20)21)11-26-9-8-19-18(12-26)23(29)25-22(24-19)14-4-2-1-3-5-14/h6-7,10,13-14H,1-5,8-9,11-12H2,(H,24,25,29). The molecule has 0 bridgehead atoms. The molecule has 1 aromatic carbocycles. The van der Waals surface area contributed by atoms with E-state index < -0.39 is 4.92 Å². The number of rotatable bonds is 4. The van der Waals surface area contributed by atoms with Gasteiger partial charge in [0.15, 0.2) is 5.43 Å². The average Bonchev–Trinajstić information content (AvgIpc) is 2.81. The van der Waals surface area contributed by atoms with E-state index in [9.17, 15) is 19.7 Å². The van der Waals surface area contributed by atoms with Gasteiger partial charge in [0.05, 0.1) is 27.8 Å². The summed E-state index contributed by atoms with van der Waals surface area (Å²) in [7, 11) is 0. The van der Waals surface area contributed by atoms with E-state index in [4.69, 9.17) is 9.40 Å². The van der Waals surface area contributed by atoms with E-state index in [2.05, 4.69) is 4.98 Å². The number of nitro groups is 1. The highest BCUT2D eigenvalue weighted by Gasteiger charge is 2.25. The molecule has 0 spiro atoms. The van der Waals surface area contributed by atoms with Crippen molar-refractivity contribution in [3.63, 3.8) is 0 Å². The molecule has 9 nitrogen and oxygen atoms in total. The Balaban J connectivity index is 1.39. The summed E-state index contributed by atoms with van der Waals surface area (Å²) in [6.45, 7) is 1.36. The lowest BCUT2D eigenvalue weighted by molar-refractivity contribution is -0.384. The highest BCUT2D eigenvalue weighted by molar-refractivity contribution is 5.79. The van der Waals surface area contributed by atoms with E-state index in [0.29, 0.717) is 48.7 Å². The van der Waals surface area contributed by atoms with Gasteiger partial charge in [0, 0.05) is 49.7 Å². The van der Waals surface area contributed by atoms with Crippen LogP contribution in [0.25, 0.3) is 11.0 Å². The van der Waals surface area contributed by atoms with Crippen LogP contribution in [-0.2, 0) is 19.5 Å². The molecule has 0 amide bonds. The summed E-state index contributed by atoms with van der Waals surface area (Å²) in [4.78, 5) is 46.1. The summed E-state index contributed by atoms with van der Waals surface area (Å²) in [6, 6.07) is 4.00. The van der Waals surface area contributed by atoms with Gasteiger partial charge in [-0.05, 0) is 18.9 Å². The first kappa shape index (κ1) is 20.6. The van der Waals surface area contributed by atoms with Crippen LogP contribution in [0, 0.1) is 10.1 Å². The van der Waals surface area contributed by atoms with Crippen LogP contribution in [0.4, 0.5) is 5.69 Å². The molecule has 9 heteroatoms. The Labute approximate surface area is 183 Å². The number of H-pyrrole nitrogens is 1. The van der Waals surface area contributed by atoms with Gasteiger partial charge in [-0.3, -0.25) is 24.6 Å². The Morgan fingerprint density at radius 3 is 2.81 bits per heavy atom. The normalized spacial score (nSPS) is 17.4. The van der Waals surface area contributed by atoms with Crippen LogP contribution in [0.1, 0.15) is 60.7 Å². The van der Waals surface area contributed by atoms with Crippen LogP contribution in [0.2, 0.25) is 0 Å². The van der Waals surface area contributed by atoms with Gasteiger partial charge in [-0.15, -0.1) is 0 Å². The molecule has 3 heterocycles. The van der Waals surface area contributed by atoms with Crippen molar-refractivity contribution < 1.29 is 9.34 Å². The van der Waals surface area contributed by atoms with Crippen LogP contribution in [0.3, 0.4) is 0 Å². The molecule has 0 radical (unpaired) electrons. The van der Waals surface area contributed by atoms with Crippen LogP contribution < -0.4 is 11.0 Å². The summed E-state index contributed by atoms with van der Waals surface area (Å²) in [6.07, 6.45) is 7.79. The second-order valence-corrected chi connectivity index (χ2v) is 8.70. The van der Waals surface area contributed by atoms with E-state index in [-0.39, 0.29) is 22.1 Å². The maximum absolute atomic E-state index is 12.9. The van der Waals surface area contributed by atoms with Crippen molar-refractivity contribution in [1.82, 2.24) is 14.9 Å². The molecule has 2 aliphatic rings. The van der Waals surface area contributed by atoms with Gasteiger partial charge in [0.25, 0.3) is 11.2 Å². The lowest BCUT2D eigenvalue weighted by Gasteiger charge is -2.28. The zero-order valence-electron chi connectivity index (χ0n) is 17.6. The topological polar surface area (TPSA) is 122 Å². The molecule has 166 valence electrons. The highest BCUT2D eigenvalue weighted by Crippen LogP contribution is 2.31. The third-order valence-corrected chi connectivity index (χ3v) is 6.59. The Morgan fingerprint density at radius 2 is 2.03 bits per heavy atom. The number of nitrogens with one attached hydrogen (secondary N) is 1. The predicted octanol–water partition coefficient (Wildman–Crippen LogP) is 3.39. The number of aromatic nitrogens is 2. The molecule has 1 fully saturated rings. The van der Waals surface area contributed by atoms with Crippen molar-refractivity contribution in [3.05, 3.63) is 77.8 Å². The number of hydrogen-bond acceptors (Lipinski definition) is 7. The Bertz CT molecular complexity index is 1310. The monoisotopic (exact) mass is 436 g/mol. The molecule has 0 atom stereocenters. The Hall–Kier alpha value is -3.33. The molecule has 5 rings (SSSR count). The fourth-order valence-corrected chi connectivity index (χ4v) is 4.83. The van der Waals surface area contributed by atoms with Crippen LogP contribution >= 0.6 is 0 Å². The third-order valence-electron chi connectivity index (χ3n) is 6.59. The van der Waals surface area contributed by atoms with Crippen LogP contribution in [0.15, 0.2) is 38.5 Å². The number of non-ortho nitro benzene ring substituents is 1. The molecule has 2 aromatic heterocycles. The second-order valence-electron chi connectivity index (χ2n) is 8.70. The summed E-state index contributed by atoms with van der Waals surface area (Å²) in [5.41, 5.74) is 1.68. The number of hydrogen-bond donors (Lipinski definition) is 1. The molecule has 1 N–H and O–H groups in total. The maximum Gasteiger partial charge on any atom is 0.270 e. The first-order valence-electron chi connectivity index (χ1n) is 11.0. The van der Waals surface area contributed by atoms with Gasteiger partial charge in [-0.25, -0.2) is 4.98 Å². The third kappa shape index (κ3) is 3.84. The fraction of sp³-hybridized carbons (Fsp3) is 0.435. The molecular weight excluding hydrogens is 412 g/mol. The molecular formula is C23H24N4O5. The molecule has 0 saturated heterocycles. The number of fused-ring (bicyclic) bond motifs is 2. The number of nitro benzene ring substituents is 1. The largest absolute Gasteiger partial charge is 0.464 e. The minimum Gasteiger partial charge on any atom is -0.464 e. The minimum atomic E-state index is -0.534. The number of aromatic amines is 1. The van der Waals surface area contributed by atoms with Crippen LogP contribution in [0.5, 0.6) is 0 Å². The van der Waals surface area contributed by atoms with Gasteiger partial charge >= 0.3 is 0 Å². The zero-order chi connectivity index (χ0) is 22.2. The molecule has 0 unspecified atom stereocenters. The molecule has 3 aromatic rings. The fourth-order valence-electron chi connectivity index (χ4n) is 4.83. The maximum atomic E-state index is 12.9. The minimum absolute atomic E-state index is 0.0959. The lowest BCUT2D eigenvalue weighted by Crippen LogP contribution is -2.37. The molecule has 32 heavy (non-hydrogen) atoms. The van der Waals surface area contributed by atoms with Crippen molar-refractivity contribution in [1.29, 1.82) is 0 Å². The van der Waals surface area contributed by atoms with Gasteiger partial charge in [-0.2, -0.15) is 0 Å². The van der Waals surface area contributed by atoms with Crippen molar-refractivity contribution in [2.75, 3.05) is 6.54 Å². The first-order chi connectivity index (χ1) is 15.5. The average molecular weight is 436 g/mol. The van der Waals surface area contributed by atoms with Crippen molar-refractivity contribution >= 4 is 16.7 Å². The van der Waals surface area contributed by atoms with Crippen molar-refractivity contribution in [2.45, 2.75) is 57.5 Å². The van der Waals surface area contributed by atoms with Gasteiger partial charge in [0.1, 0.15) is 11.4 Å². The quantitative estimate of drug-likeness (QED) is 0.491. The lowest BCUT2D eigenvalue weighted by atomic mass is 9.88. The SMILES string of the molecule is O=c1[nH]c(C2CCCCC2)nc2c1CN(Cc1coc3ccc([N+](=O)[O-])cc3c1=O)CC2. The summed E-state index contributed by atoms with van der Waals surface area (Å²) >= 11 is 0. The first-order valence-corrected chi connectivity index (χ1v) is 11.0. The van der Waals surface area contributed by atoms with Gasteiger partial charge < -0.3 is 9.40 Å². The van der Waals surface area contributed by atoms with E-state index in [1.165, 1.54) is 43.7 Å². The van der Waals surface area contributed by atoms with Gasteiger partial charge in [-0.1, -0.05) is 19.3 Å². The zero-order valence-corrected chi connectivity index (χ0v) is 17.6. The van der Waals surface area contributed by atoms with E-state index in [1.807, 2.05) is 4.90 Å². The molecule has 1 saturated carbocycles. The molecule has 1 aliphatic heterocycles. The van der Waals surface area contributed by atoms with Crippen molar-refractivity contribution in [2.24, 2.45) is 0 Å². The van der Waals surface area contributed by atoms with Gasteiger partial charge in [0.2, 0.25) is 0 Å². The molecule has 1 aliphatic carbocycles. The second kappa shape index (κ2) is 8.31. The number of benzene rings is 1. The van der Waals surface area contributed by atoms with Crippen molar-refractivity contribution in [3.8, 4) is 0 Å². The van der Waals surface area contributed by atoms with E-state index in [0.717, 1.165) is 24.4 Å². The van der Waals surface area contributed by atoms with Crippen LogP contribution in [-0.4, -0.2) is 26.3 Å². The van der Waals surface area contributed by atoms with E-state index in [1.54, 1.807) is 0 Å². The summed E-state index contributed by atoms with van der Waals surface area (Å²) in [5.74, 6) is 1.16.